The van der Waals surface area contributed by atoms with Crippen molar-refractivity contribution in [3.63, 3.8) is 0 Å². The minimum atomic E-state index is -0.940. The number of fused-ring (bicyclic) bond motifs is 2. The Balaban J connectivity index is 1.80. The van der Waals surface area contributed by atoms with Crippen LogP contribution in [0, 0.1) is 12.7 Å². The minimum Gasteiger partial charge on any atom is -0.480 e. The smallest absolute Gasteiger partial charge is 0.323 e. The number of carboxylic acids is 1. The second-order valence-corrected chi connectivity index (χ2v) is 7.94. The fourth-order valence-corrected chi connectivity index (χ4v) is 4.36. The predicted molar refractivity (Wildman–Crippen MR) is 125 cm³/mol. The Kier molecular flexibility index (Phi) is 5.01. The van der Waals surface area contributed by atoms with Gasteiger partial charge in [-0.25, -0.2) is 9.07 Å². The maximum atomic E-state index is 13.4. The van der Waals surface area contributed by atoms with Crippen molar-refractivity contribution >= 4 is 27.6 Å². The first-order valence-electron chi connectivity index (χ1n) is 10.5. The van der Waals surface area contributed by atoms with Gasteiger partial charge in [0.15, 0.2) is 0 Å². The number of nitrogens with zero attached hydrogens (tertiary/aromatic N) is 3. The van der Waals surface area contributed by atoms with Gasteiger partial charge in [0, 0.05) is 27.5 Å². The zero-order valence-electron chi connectivity index (χ0n) is 17.8. The summed E-state index contributed by atoms with van der Waals surface area (Å²) in [5.41, 5.74) is 3.43. The molecule has 164 valence electrons. The molecule has 0 aliphatic rings. The molecule has 0 aliphatic heterocycles. The Morgan fingerprint density at radius 3 is 2.27 bits per heavy atom. The van der Waals surface area contributed by atoms with Gasteiger partial charge in [0.2, 0.25) is 0 Å². The number of aromatic nitrogens is 3. The van der Waals surface area contributed by atoms with Crippen LogP contribution in [0.1, 0.15) is 11.3 Å². The number of hydrogen-bond donors (Lipinski definition) is 1. The first kappa shape index (κ1) is 20.6. The lowest BCUT2D eigenvalue weighted by Gasteiger charge is -2.12. The first-order valence-corrected chi connectivity index (χ1v) is 10.5. The molecule has 0 spiro atoms. The third kappa shape index (κ3) is 3.57. The number of para-hydroxylation sites is 1. The third-order valence-corrected chi connectivity index (χ3v) is 5.87. The Labute approximate surface area is 188 Å². The van der Waals surface area contributed by atoms with E-state index in [0.717, 1.165) is 27.7 Å². The van der Waals surface area contributed by atoms with E-state index in [4.69, 9.17) is 5.10 Å². The highest BCUT2D eigenvalue weighted by Gasteiger charge is 2.21. The number of rotatable bonds is 5. The molecule has 0 atom stereocenters. The molecule has 5 aromatic rings. The van der Waals surface area contributed by atoms with E-state index >= 15 is 0 Å². The van der Waals surface area contributed by atoms with Gasteiger partial charge in [-0.3, -0.25) is 9.59 Å². The highest BCUT2D eigenvalue weighted by molar-refractivity contribution is 6.05. The third-order valence-electron chi connectivity index (χ3n) is 5.87. The lowest BCUT2D eigenvalue weighted by Crippen LogP contribution is -2.24. The van der Waals surface area contributed by atoms with Gasteiger partial charge in [0.1, 0.15) is 18.1 Å². The summed E-state index contributed by atoms with van der Waals surface area (Å²) in [6, 6.07) is 20.8. The van der Waals surface area contributed by atoms with E-state index < -0.39 is 5.97 Å². The standard InChI is InChI=1S/C26H20FN3O3/c1-16-24(21-8-4-5-9-22(21)29(16)15-23(31)32)25-19-6-2-3-7-20(19)26(33)30(28-25)14-17-10-12-18(27)13-11-17/h2-13H,14-15H2,1H3,(H,31,32). The zero-order valence-corrected chi connectivity index (χ0v) is 17.8. The van der Waals surface area contributed by atoms with Crippen molar-refractivity contribution < 1.29 is 14.3 Å². The molecule has 0 fully saturated rings. The average Bonchev–Trinajstić information content (AvgIpc) is 3.08. The summed E-state index contributed by atoms with van der Waals surface area (Å²) in [6.07, 6.45) is 0. The minimum absolute atomic E-state index is 0.181. The van der Waals surface area contributed by atoms with Gasteiger partial charge >= 0.3 is 5.97 Å². The van der Waals surface area contributed by atoms with Gasteiger partial charge in [0.05, 0.1) is 11.9 Å². The second kappa shape index (κ2) is 8.02. The maximum absolute atomic E-state index is 13.4. The number of benzene rings is 3. The van der Waals surface area contributed by atoms with Crippen LogP contribution >= 0.6 is 0 Å². The molecule has 0 bridgehead atoms. The molecule has 0 saturated heterocycles. The lowest BCUT2D eigenvalue weighted by molar-refractivity contribution is -0.137. The van der Waals surface area contributed by atoms with Crippen molar-refractivity contribution in [2.24, 2.45) is 0 Å². The molecular formula is C26H20FN3O3. The van der Waals surface area contributed by atoms with Gasteiger partial charge in [-0.05, 0) is 36.8 Å². The summed E-state index contributed by atoms with van der Waals surface area (Å²) < 4.78 is 16.5. The number of carboxylic acid groups (broad SMARTS) is 1. The van der Waals surface area contributed by atoms with Crippen LogP contribution in [0.4, 0.5) is 4.39 Å². The van der Waals surface area contributed by atoms with Crippen molar-refractivity contribution in [1.82, 2.24) is 14.3 Å². The maximum Gasteiger partial charge on any atom is 0.323 e. The molecule has 0 aliphatic carbocycles. The summed E-state index contributed by atoms with van der Waals surface area (Å²) in [5.74, 6) is -1.29. The van der Waals surface area contributed by atoms with Gasteiger partial charge in [-0.15, -0.1) is 0 Å². The van der Waals surface area contributed by atoms with E-state index in [0.29, 0.717) is 16.5 Å². The molecule has 33 heavy (non-hydrogen) atoms. The zero-order chi connectivity index (χ0) is 23.1. The van der Waals surface area contributed by atoms with Crippen molar-refractivity contribution in [3.05, 3.63) is 100 Å². The summed E-state index contributed by atoms with van der Waals surface area (Å²) >= 11 is 0. The highest BCUT2D eigenvalue weighted by atomic mass is 19.1. The van der Waals surface area contributed by atoms with Gasteiger partial charge in [-0.1, -0.05) is 48.5 Å². The van der Waals surface area contributed by atoms with Crippen molar-refractivity contribution in [2.45, 2.75) is 20.0 Å². The van der Waals surface area contributed by atoms with Crippen LogP contribution in [-0.4, -0.2) is 25.4 Å². The average molecular weight is 441 g/mol. The van der Waals surface area contributed by atoms with Crippen LogP contribution in [-0.2, 0) is 17.9 Å². The molecule has 2 aromatic heterocycles. The lowest BCUT2D eigenvalue weighted by atomic mass is 10.0. The van der Waals surface area contributed by atoms with Crippen LogP contribution in [0.2, 0.25) is 0 Å². The van der Waals surface area contributed by atoms with Crippen LogP contribution < -0.4 is 5.56 Å². The fourth-order valence-electron chi connectivity index (χ4n) is 4.36. The molecule has 3 aromatic carbocycles. The SMILES string of the molecule is Cc1c(-c2nn(Cc3ccc(F)cc3)c(=O)c3ccccc23)c2ccccc2n1CC(=O)O. The topological polar surface area (TPSA) is 77.1 Å². The number of carbonyl (C=O) groups is 1. The second-order valence-electron chi connectivity index (χ2n) is 7.94. The molecule has 0 unspecified atom stereocenters. The molecule has 0 amide bonds. The number of halogens is 1. The van der Waals surface area contributed by atoms with Crippen LogP contribution in [0.3, 0.4) is 0 Å². The van der Waals surface area contributed by atoms with E-state index in [1.165, 1.54) is 16.8 Å². The van der Waals surface area contributed by atoms with E-state index in [-0.39, 0.29) is 24.5 Å². The van der Waals surface area contributed by atoms with Crippen LogP contribution in [0.15, 0.2) is 77.6 Å². The van der Waals surface area contributed by atoms with Crippen molar-refractivity contribution in [1.29, 1.82) is 0 Å². The van der Waals surface area contributed by atoms with Crippen molar-refractivity contribution in [3.8, 4) is 11.3 Å². The van der Waals surface area contributed by atoms with Crippen LogP contribution in [0.5, 0.6) is 0 Å². The normalized spacial score (nSPS) is 11.3. The van der Waals surface area contributed by atoms with E-state index in [1.54, 1.807) is 28.8 Å². The molecule has 1 N–H and O–H groups in total. The molecule has 0 radical (unpaired) electrons. The summed E-state index contributed by atoms with van der Waals surface area (Å²) in [5, 5.41) is 16.3. The van der Waals surface area contributed by atoms with E-state index in [2.05, 4.69) is 0 Å². The summed E-state index contributed by atoms with van der Waals surface area (Å²) in [7, 11) is 0. The molecule has 2 heterocycles. The number of aliphatic carboxylic acids is 1. The van der Waals surface area contributed by atoms with Gasteiger partial charge in [-0.2, -0.15) is 5.10 Å². The van der Waals surface area contributed by atoms with Crippen molar-refractivity contribution in [2.75, 3.05) is 0 Å². The van der Waals surface area contributed by atoms with Gasteiger partial charge in [0.25, 0.3) is 5.56 Å². The van der Waals surface area contributed by atoms with Crippen LogP contribution in [0.25, 0.3) is 32.9 Å². The summed E-state index contributed by atoms with van der Waals surface area (Å²) in [6.45, 7) is 1.87. The molecule has 5 rings (SSSR count). The van der Waals surface area contributed by atoms with E-state index in [9.17, 15) is 19.1 Å². The highest BCUT2D eigenvalue weighted by Crippen LogP contribution is 2.36. The quantitative estimate of drug-likeness (QED) is 0.433. The molecule has 7 heteroatoms. The monoisotopic (exact) mass is 441 g/mol. The largest absolute Gasteiger partial charge is 0.480 e. The predicted octanol–water partition coefficient (Wildman–Crippen LogP) is 4.60. The Bertz CT molecular complexity index is 1580. The number of hydrogen-bond acceptors (Lipinski definition) is 3. The Morgan fingerprint density at radius 1 is 0.939 bits per heavy atom. The van der Waals surface area contributed by atoms with E-state index in [1.807, 2.05) is 43.3 Å². The fraction of sp³-hybridized carbons (Fsp3) is 0.115. The molecular weight excluding hydrogens is 421 g/mol. The molecule has 6 nitrogen and oxygen atoms in total. The van der Waals surface area contributed by atoms with Gasteiger partial charge < -0.3 is 9.67 Å². The molecule has 0 saturated carbocycles. The Hall–Kier alpha value is -4.26. The summed E-state index contributed by atoms with van der Waals surface area (Å²) in [4.78, 5) is 24.8. The Morgan fingerprint density at radius 2 is 1.58 bits per heavy atom. The first-order chi connectivity index (χ1) is 15.9.